The number of rotatable bonds is 3. The van der Waals surface area contributed by atoms with Crippen LogP contribution in [0.25, 0.3) is 0 Å². The quantitative estimate of drug-likeness (QED) is 0.751. The third-order valence-corrected chi connectivity index (χ3v) is 4.99. The first-order valence-corrected chi connectivity index (χ1v) is 7.17. The Morgan fingerprint density at radius 3 is 2.83 bits per heavy atom. The zero-order valence-corrected chi connectivity index (χ0v) is 11.0. The molecular weight excluding hydrogens is 224 g/mol. The molecule has 4 unspecified atom stereocenters. The highest BCUT2D eigenvalue weighted by atomic mass is 16.2. The van der Waals surface area contributed by atoms with Gasteiger partial charge < -0.3 is 5.43 Å². The van der Waals surface area contributed by atoms with Crippen molar-refractivity contribution in [1.29, 1.82) is 0 Å². The van der Waals surface area contributed by atoms with Crippen molar-refractivity contribution >= 4 is 5.91 Å². The van der Waals surface area contributed by atoms with Crippen LogP contribution in [-0.2, 0) is 4.79 Å². The molecule has 0 radical (unpaired) electrons. The van der Waals surface area contributed by atoms with Crippen molar-refractivity contribution in [3.05, 3.63) is 23.9 Å². The highest BCUT2D eigenvalue weighted by molar-refractivity contribution is 5.79. The Morgan fingerprint density at radius 2 is 2.17 bits per heavy atom. The number of carbonyl (C=O) groups excluding carboxylic acids is 1. The van der Waals surface area contributed by atoms with Crippen molar-refractivity contribution in [3.8, 4) is 0 Å². The van der Waals surface area contributed by atoms with Gasteiger partial charge in [-0.3, -0.25) is 10.2 Å². The monoisotopic (exact) mass is 246 g/mol. The van der Waals surface area contributed by atoms with Crippen LogP contribution in [0.15, 0.2) is 23.9 Å². The maximum atomic E-state index is 12.3. The number of nitrogens with one attached hydrogen (secondary N) is 2. The van der Waals surface area contributed by atoms with Crippen LogP contribution in [0.4, 0.5) is 0 Å². The summed E-state index contributed by atoms with van der Waals surface area (Å²) in [6.07, 6.45) is 12.1. The second-order valence-corrected chi connectivity index (χ2v) is 5.99. The minimum atomic E-state index is 0.199. The Hall–Kier alpha value is -1.25. The van der Waals surface area contributed by atoms with E-state index in [1.165, 1.54) is 19.3 Å². The van der Waals surface area contributed by atoms with Crippen LogP contribution in [0.5, 0.6) is 0 Å². The zero-order chi connectivity index (χ0) is 12.5. The number of hydrogen-bond acceptors (Lipinski definition) is 2. The van der Waals surface area contributed by atoms with Gasteiger partial charge in [-0.15, -0.1) is 0 Å². The lowest BCUT2D eigenvalue weighted by atomic mass is 9.80. The van der Waals surface area contributed by atoms with Gasteiger partial charge in [-0.05, 0) is 55.9 Å². The summed E-state index contributed by atoms with van der Waals surface area (Å²) < 4.78 is 0. The summed E-state index contributed by atoms with van der Waals surface area (Å²) in [5.41, 5.74) is 7.12. The van der Waals surface area contributed by atoms with Gasteiger partial charge in [0.05, 0.1) is 0 Å². The van der Waals surface area contributed by atoms with E-state index in [1.54, 1.807) is 0 Å². The lowest BCUT2D eigenvalue weighted by Gasteiger charge is -2.27. The summed E-state index contributed by atoms with van der Waals surface area (Å²) in [5, 5.41) is 0. The SMILES string of the molecule is CC1C2CCC(C2)C1C(=O)NNC1=CC=CCC1. The van der Waals surface area contributed by atoms with Crippen LogP contribution in [0.3, 0.4) is 0 Å². The maximum absolute atomic E-state index is 12.3. The molecule has 0 saturated heterocycles. The summed E-state index contributed by atoms with van der Waals surface area (Å²) in [7, 11) is 0. The summed E-state index contributed by atoms with van der Waals surface area (Å²) in [5.74, 6) is 2.42. The van der Waals surface area contributed by atoms with E-state index in [2.05, 4.69) is 23.9 Å². The molecule has 3 rings (SSSR count). The molecule has 3 nitrogen and oxygen atoms in total. The first-order valence-electron chi connectivity index (χ1n) is 7.17. The molecule has 2 N–H and O–H groups in total. The van der Waals surface area contributed by atoms with Crippen LogP contribution in [0.1, 0.15) is 39.0 Å². The molecule has 0 aromatic rings. The summed E-state index contributed by atoms with van der Waals surface area (Å²) in [6, 6.07) is 0. The second-order valence-electron chi connectivity index (χ2n) is 5.99. The summed E-state index contributed by atoms with van der Waals surface area (Å²) >= 11 is 0. The first-order chi connectivity index (χ1) is 8.75. The Labute approximate surface area is 109 Å². The van der Waals surface area contributed by atoms with Crippen molar-refractivity contribution in [3.63, 3.8) is 0 Å². The van der Waals surface area contributed by atoms with Gasteiger partial charge in [-0.25, -0.2) is 0 Å². The molecular formula is C15H22N2O. The lowest BCUT2D eigenvalue weighted by Crippen LogP contribution is -2.44. The molecule has 0 aliphatic heterocycles. The molecule has 98 valence electrons. The van der Waals surface area contributed by atoms with Gasteiger partial charge in [-0.2, -0.15) is 0 Å². The van der Waals surface area contributed by atoms with Gasteiger partial charge in [0.15, 0.2) is 0 Å². The normalized spacial score (nSPS) is 37.5. The smallest absolute Gasteiger partial charge is 0.241 e. The van der Waals surface area contributed by atoms with Crippen LogP contribution in [0.2, 0.25) is 0 Å². The van der Waals surface area contributed by atoms with Crippen LogP contribution in [-0.4, -0.2) is 5.91 Å². The fourth-order valence-electron chi connectivity index (χ4n) is 3.96. The van der Waals surface area contributed by atoms with Crippen molar-refractivity contribution in [2.45, 2.75) is 39.0 Å². The van der Waals surface area contributed by atoms with E-state index in [9.17, 15) is 4.79 Å². The zero-order valence-electron chi connectivity index (χ0n) is 11.0. The summed E-state index contributed by atoms with van der Waals surface area (Å²) in [4.78, 5) is 12.3. The molecule has 2 fully saturated rings. The molecule has 1 amide bonds. The molecule has 0 aromatic heterocycles. The first kappa shape index (κ1) is 11.8. The average molecular weight is 246 g/mol. The van der Waals surface area contributed by atoms with E-state index < -0.39 is 0 Å². The van der Waals surface area contributed by atoms with E-state index in [0.717, 1.165) is 24.5 Å². The van der Waals surface area contributed by atoms with Crippen LogP contribution >= 0.6 is 0 Å². The van der Waals surface area contributed by atoms with Gasteiger partial charge in [-0.1, -0.05) is 19.1 Å². The van der Waals surface area contributed by atoms with E-state index >= 15 is 0 Å². The Morgan fingerprint density at radius 1 is 1.33 bits per heavy atom. The van der Waals surface area contributed by atoms with Crippen molar-refractivity contribution in [2.24, 2.45) is 23.7 Å². The molecule has 18 heavy (non-hydrogen) atoms. The molecule has 0 aromatic carbocycles. The number of amides is 1. The number of allylic oxidation sites excluding steroid dienone is 4. The average Bonchev–Trinajstić information content (AvgIpc) is 2.98. The minimum absolute atomic E-state index is 0.199. The maximum Gasteiger partial charge on any atom is 0.241 e. The van der Waals surface area contributed by atoms with E-state index in [1.807, 2.05) is 12.2 Å². The number of hydrazine groups is 1. The highest BCUT2D eigenvalue weighted by Gasteiger charge is 2.48. The van der Waals surface area contributed by atoms with Gasteiger partial charge in [0, 0.05) is 11.6 Å². The van der Waals surface area contributed by atoms with Gasteiger partial charge >= 0.3 is 0 Å². The van der Waals surface area contributed by atoms with E-state index in [4.69, 9.17) is 0 Å². The fourth-order valence-corrected chi connectivity index (χ4v) is 3.96. The topological polar surface area (TPSA) is 41.1 Å². The van der Waals surface area contributed by atoms with E-state index in [0.29, 0.717) is 11.8 Å². The van der Waals surface area contributed by atoms with Gasteiger partial charge in [0.25, 0.3) is 0 Å². The second kappa shape index (κ2) is 4.79. The molecule has 0 spiro atoms. The molecule has 4 atom stereocenters. The Balaban J connectivity index is 1.55. The molecule has 2 bridgehead atoms. The third-order valence-electron chi connectivity index (χ3n) is 4.99. The third kappa shape index (κ3) is 2.06. The molecule has 0 heterocycles. The van der Waals surface area contributed by atoms with Gasteiger partial charge in [0.1, 0.15) is 0 Å². The number of carbonyl (C=O) groups is 1. The van der Waals surface area contributed by atoms with Crippen LogP contribution in [0, 0.1) is 23.7 Å². The molecule has 2 saturated carbocycles. The molecule has 3 aliphatic rings. The number of fused-ring (bicyclic) bond motifs is 2. The van der Waals surface area contributed by atoms with Crippen molar-refractivity contribution in [2.75, 3.05) is 0 Å². The fraction of sp³-hybridized carbons (Fsp3) is 0.667. The van der Waals surface area contributed by atoms with Gasteiger partial charge in [0.2, 0.25) is 5.91 Å². The van der Waals surface area contributed by atoms with Crippen molar-refractivity contribution < 1.29 is 4.79 Å². The highest BCUT2D eigenvalue weighted by Crippen LogP contribution is 2.51. The predicted molar refractivity (Wildman–Crippen MR) is 71.2 cm³/mol. The minimum Gasteiger partial charge on any atom is -0.303 e. The largest absolute Gasteiger partial charge is 0.303 e. The standard InChI is InChI=1S/C15H22N2O/c1-10-11-7-8-12(9-11)14(10)15(18)17-16-13-5-3-2-4-6-13/h2-3,5,10-12,14,16H,4,6-9H2,1H3,(H,17,18). The molecule has 3 aliphatic carbocycles. The van der Waals surface area contributed by atoms with Crippen LogP contribution < -0.4 is 10.9 Å². The predicted octanol–water partition coefficient (Wildman–Crippen LogP) is 2.52. The van der Waals surface area contributed by atoms with Crippen molar-refractivity contribution in [1.82, 2.24) is 10.9 Å². The lowest BCUT2D eigenvalue weighted by molar-refractivity contribution is -0.128. The Bertz CT molecular complexity index is 397. The Kier molecular flexibility index (Phi) is 3.14. The molecule has 3 heteroatoms. The van der Waals surface area contributed by atoms with E-state index in [-0.39, 0.29) is 11.8 Å². The summed E-state index contributed by atoms with van der Waals surface area (Å²) in [6.45, 7) is 2.25. The number of hydrogen-bond donors (Lipinski definition) is 2.